The van der Waals surface area contributed by atoms with Gasteiger partial charge in [0.25, 0.3) is 0 Å². The van der Waals surface area contributed by atoms with E-state index in [0.717, 1.165) is 13.0 Å². The average Bonchev–Trinajstić information content (AvgIpc) is 2.18. The highest BCUT2D eigenvalue weighted by Gasteiger charge is 2.23. The third-order valence-electron chi connectivity index (χ3n) is 2.64. The van der Waals surface area contributed by atoms with E-state index in [0.29, 0.717) is 9.65 Å². The van der Waals surface area contributed by atoms with E-state index in [1.54, 1.807) is 0 Å². The van der Waals surface area contributed by atoms with Crippen LogP contribution in [0.4, 0.5) is 0 Å². The normalized spacial score (nSPS) is 27.6. The molecule has 0 saturated carbocycles. The fraction of sp³-hybridized carbons (Fsp3) is 1.00. The van der Waals surface area contributed by atoms with Crippen molar-refractivity contribution >= 4 is 31.9 Å². The summed E-state index contributed by atoms with van der Waals surface area (Å²) in [5, 5.41) is 0. The van der Waals surface area contributed by atoms with Gasteiger partial charge in [-0.25, -0.2) is 0 Å². The van der Waals surface area contributed by atoms with E-state index in [1.165, 1.54) is 12.8 Å². The Hall–Kier alpha value is 0.880. The molecular formula is C10H18Br2O2. The molecule has 0 amide bonds. The quantitative estimate of drug-likeness (QED) is 0.733. The fourth-order valence-corrected chi connectivity index (χ4v) is 2.25. The van der Waals surface area contributed by atoms with Crippen LogP contribution in [0.1, 0.15) is 33.1 Å². The largest absolute Gasteiger partial charge is 0.353 e. The molecule has 0 aromatic rings. The Morgan fingerprint density at radius 2 is 2.00 bits per heavy atom. The molecule has 1 fully saturated rings. The highest BCUT2D eigenvalue weighted by Crippen LogP contribution is 2.26. The van der Waals surface area contributed by atoms with Crippen molar-refractivity contribution in [1.29, 1.82) is 0 Å². The summed E-state index contributed by atoms with van der Waals surface area (Å²) >= 11 is 7.00. The van der Waals surface area contributed by atoms with Gasteiger partial charge in [0.2, 0.25) is 0 Å². The zero-order valence-corrected chi connectivity index (χ0v) is 11.9. The Morgan fingerprint density at radius 1 is 1.29 bits per heavy atom. The first-order chi connectivity index (χ1) is 6.61. The maximum Gasteiger partial charge on any atom is 0.157 e. The van der Waals surface area contributed by atoms with E-state index in [2.05, 4.69) is 45.7 Å². The highest BCUT2D eigenvalue weighted by molar-refractivity contribution is 9.24. The second kappa shape index (κ2) is 6.46. The topological polar surface area (TPSA) is 18.5 Å². The molecule has 0 aliphatic carbocycles. The van der Waals surface area contributed by atoms with E-state index < -0.39 is 0 Å². The van der Waals surface area contributed by atoms with Crippen molar-refractivity contribution in [2.45, 2.75) is 49.2 Å². The first-order valence-corrected chi connectivity index (χ1v) is 6.99. The minimum Gasteiger partial charge on any atom is -0.353 e. The Labute approximate surface area is 103 Å². The summed E-state index contributed by atoms with van der Waals surface area (Å²) < 4.78 is 11.7. The molecule has 1 heterocycles. The zero-order valence-electron chi connectivity index (χ0n) is 8.71. The summed E-state index contributed by atoms with van der Waals surface area (Å²) in [4.78, 5) is 0. The zero-order chi connectivity index (χ0) is 10.6. The van der Waals surface area contributed by atoms with Crippen LogP contribution in [0.2, 0.25) is 0 Å². The Morgan fingerprint density at radius 3 is 2.50 bits per heavy atom. The molecule has 1 saturated heterocycles. The predicted octanol–water partition coefficient (Wildman–Crippen LogP) is 3.67. The van der Waals surface area contributed by atoms with Crippen LogP contribution in [0.15, 0.2) is 0 Å². The molecule has 0 radical (unpaired) electrons. The number of halogens is 2. The lowest BCUT2D eigenvalue weighted by atomic mass is 10.1. The second-order valence-electron chi connectivity index (χ2n) is 3.83. The maximum absolute atomic E-state index is 5.83. The van der Waals surface area contributed by atoms with Gasteiger partial charge in [0.1, 0.15) is 0 Å². The lowest BCUT2D eigenvalue weighted by molar-refractivity contribution is -0.191. The van der Waals surface area contributed by atoms with Crippen molar-refractivity contribution in [1.82, 2.24) is 0 Å². The predicted molar refractivity (Wildman–Crippen MR) is 64.9 cm³/mol. The maximum atomic E-state index is 5.83. The van der Waals surface area contributed by atoms with Crippen LogP contribution in [0.3, 0.4) is 0 Å². The van der Waals surface area contributed by atoms with Crippen LogP contribution in [-0.2, 0) is 9.47 Å². The Balaban J connectivity index is 2.27. The van der Waals surface area contributed by atoms with Crippen molar-refractivity contribution in [3.05, 3.63) is 0 Å². The smallest absolute Gasteiger partial charge is 0.157 e. The number of hydrogen-bond donors (Lipinski definition) is 0. The summed E-state index contributed by atoms with van der Waals surface area (Å²) in [6.07, 6.45) is 3.65. The molecule has 84 valence electrons. The summed E-state index contributed by atoms with van der Waals surface area (Å²) in [6.45, 7) is 5.09. The van der Waals surface area contributed by atoms with E-state index in [-0.39, 0.29) is 12.4 Å². The SMILES string of the molecule is CC(OC1CCCCO1)C(C)C(Br)Br. The first-order valence-electron chi connectivity index (χ1n) is 5.16. The van der Waals surface area contributed by atoms with Gasteiger partial charge in [-0.05, 0) is 26.2 Å². The lowest BCUT2D eigenvalue weighted by Crippen LogP contribution is -2.31. The molecule has 0 aromatic carbocycles. The van der Waals surface area contributed by atoms with E-state index in [4.69, 9.17) is 9.47 Å². The molecule has 2 nitrogen and oxygen atoms in total. The number of rotatable bonds is 4. The van der Waals surface area contributed by atoms with Gasteiger partial charge in [0.05, 0.1) is 9.84 Å². The van der Waals surface area contributed by atoms with Gasteiger partial charge in [-0.1, -0.05) is 38.8 Å². The lowest BCUT2D eigenvalue weighted by Gasteiger charge is -2.29. The average molecular weight is 330 g/mol. The van der Waals surface area contributed by atoms with Crippen molar-refractivity contribution in [3.63, 3.8) is 0 Å². The van der Waals surface area contributed by atoms with Gasteiger partial charge >= 0.3 is 0 Å². The van der Waals surface area contributed by atoms with E-state index in [9.17, 15) is 0 Å². The molecule has 14 heavy (non-hydrogen) atoms. The van der Waals surface area contributed by atoms with Gasteiger partial charge < -0.3 is 9.47 Å². The van der Waals surface area contributed by atoms with Gasteiger partial charge in [-0.15, -0.1) is 0 Å². The van der Waals surface area contributed by atoms with Crippen LogP contribution in [0, 0.1) is 5.92 Å². The van der Waals surface area contributed by atoms with E-state index >= 15 is 0 Å². The molecule has 1 aliphatic rings. The molecule has 4 heteroatoms. The van der Waals surface area contributed by atoms with Crippen molar-refractivity contribution in [3.8, 4) is 0 Å². The van der Waals surface area contributed by atoms with Gasteiger partial charge in [0.15, 0.2) is 6.29 Å². The van der Waals surface area contributed by atoms with Gasteiger partial charge in [-0.3, -0.25) is 0 Å². The molecule has 3 unspecified atom stereocenters. The Bertz CT molecular complexity index is 158. The monoisotopic (exact) mass is 328 g/mol. The van der Waals surface area contributed by atoms with Gasteiger partial charge in [-0.2, -0.15) is 0 Å². The molecule has 1 rings (SSSR count). The molecule has 1 aliphatic heterocycles. The minimum absolute atomic E-state index is 0.0138. The van der Waals surface area contributed by atoms with Crippen LogP contribution < -0.4 is 0 Å². The fourth-order valence-electron chi connectivity index (χ4n) is 1.39. The number of ether oxygens (including phenoxy) is 2. The summed E-state index contributed by atoms with van der Waals surface area (Å²) in [7, 11) is 0. The molecule has 0 bridgehead atoms. The molecular weight excluding hydrogens is 312 g/mol. The van der Waals surface area contributed by atoms with Gasteiger partial charge in [0, 0.05) is 12.5 Å². The third kappa shape index (κ3) is 4.17. The van der Waals surface area contributed by atoms with Crippen LogP contribution >= 0.6 is 31.9 Å². The first kappa shape index (κ1) is 12.9. The summed E-state index contributed by atoms with van der Waals surface area (Å²) in [5.74, 6) is 0.431. The summed E-state index contributed by atoms with van der Waals surface area (Å²) in [5.41, 5.74) is 0. The van der Waals surface area contributed by atoms with Crippen LogP contribution in [-0.4, -0.2) is 22.7 Å². The molecule has 3 atom stereocenters. The van der Waals surface area contributed by atoms with Crippen LogP contribution in [0.25, 0.3) is 0 Å². The third-order valence-corrected chi connectivity index (χ3v) is 4.31. The molecule has 0 aromatic heterocycles. The molecule has 0 spiro atoms. The van der Waals surface area contributed by atoms with Crippen LogP contribution in [0.5, 0.6) is 0 Å². The molecule has 0 N–H and O–H groups in total. The van der Waals surface area contributed by atoms with E-state index in [1.807, 2.05) is 0 Å². The standard InChI is InChI=1S/C10H18Br2O2/c1-7(10(11)12)8(2)14-9-5-3-4-6-13-9/h7-10H,3-6H2,1-2H3. The number of alkyl halides is 2. The highest BCUT2D eigenvalue weighted by atomic mass is 79.9. The number of hydrogen-bond acceptors (Lipinski definition) is 2. The van der Waals surface area contributed by atoms with Crippen molar-refractivity contribution < 1.29 is 9.47 Å². The summed E-state index contributed by atoms with van der Waals surface area (Å²) in [6, 6.07) is 0. The van der Waals surface area contributed by atoms with Crippen molar-refractivity contribution in [2.75, 3.05) is 6.61 Å². The second-order valence-corrected chi connectivity index (χ2v) is 7.03. The Kier molecular flexibility index (Phi) is 5.97. The minimum atomic E-state index is 0.0138. The van der Waals surface area contributed by atoms with Crippen molar-refractivity contribution in [2.24, 2.45) is 5.92 Å².